The van der Waals surface area contributed by atoms with Crippen molar-refractivity contribution in [3.63, 3.8) is 0 Å². The van der Waals surface area contributed by atoms with Crippen molar-refractivity contribution in [3.05, 3.63) is 11.6 Å². The smallest absolute Gasteiger partial charge is 0.192 e. The summed E-state index contributed by atoms with van der Waals surface area (Å²) in [5.74, 6) is 0. The highest BCUT2D eigenvalue weighted by Gasteiger charge is 2.40. The molecule has 1 heterocycles. The van der Waals surface area contributed by atoms with Crippen LogP contribution in [0.2, 0.25) is 18.1 Å². The first-order valence-electron chi connectivity index (χ1n) is 6.48. The number of ether oxygens (including phenoxy) is 1. The van der Waals surface area contributed by atoms with Crippen molar-refractivity contribution < 1.29 is 9.16 Å². The molecule has 17 heavy (non-hydrogen) atoms. The molecule has 2 nitrogen and oxygen atoms in total. The maximum absolute atomic E-state index is 6.25. The van der Waals surface area contributed by atoms with Gasteiger partial charge in [-0.15, -0.1) is 0 Å². The van der Waals surface area contributed by atoms with Crippen LogP contribution in [0.5, 0.6) is 0 Å². The van der Waals surface area contributed by atoms with Crippen LogP contribution in [-0.4, -0.2) is 26.6 Å². The van der Waals surface area contributed by atoms with Gasteiger partial charge in [0.1, 0.15) is 5.60 Å². The van der Waals surface area contributed by atoms with Gasteiger partial charge in [0.05, 0.1) is 12.7 Å². The van der Waals surface area contributed by atoms with Crippen LogP contribution in [0.25, 0.3) is 0 Å². The van der Waals surface area contributed by atoms with E-state index in [1.54, 1.807) is 0 Å². The molecule has 0 aromatic carbocycles. The van der Waals surface area contributed by atoms with Crippen LogP contribution in [0.1, 0.15) is 41.5 Å². The zero-order valence-corrected chi connectivity index (χ0v) is 13.7. The molecule has 0 saturated carbocycles. The van der Waals surface area contributed by atoms with Gasteiger partial charge in [-0.2, -0.15) is 0 Å². The minimum atomic E-state index is -1.67. The van der Waals surface area contributed by atoms with Gasteiger partial charge in [0.25, 0.3) is 0 Å². The van der Waals surface area contributed by atoms with Crippen molar-refractivity contribution in [2.75, 3.05) is 6.61 Å². The van der Waals surface area contributed by atoms with E-state index in [9.17, 15) is 0 Å². The quantitative estimate of drug-likeness (QED) is 0.558. The van der Waals surface area contributed by atoms with E-state index in [-0.39, 0.29) is 16.7 Å². The van der Waals surface area contributed by atoms with Crippen molar-refractivity contribution in [1.82, 2.24) is 0 Å². The third kappa shape index (κ3) is 3.43. The zero-order valence-electron chi connectivity index (χ0n) is 12.7. The third-order valence-corrected chi connectivity index (χ3v) is 8.62. The number of hydrogen-bond acceptors (Lipinski definition) is 2. The van der Waals surface area contributed by atoms with E-state index >= 15 is 0 Å². The lowest BCUT2D eigenvalue weighted by atomic mass is 10.1. The second-order valence-corrected chi connectivity index (χ2v) is 11.8. The monoisotopic (exact) mass is 256 g/mol. The highest BCUT2D eigenvalue weighted by Crippen LogP contribution is 2.38. The Labute approximate surface area is 108 Å². The summed E-state index contributed by atoms with van der Waals surface area (Å²) in [6, 6.07) is 0. The molecule has 0 aromatic rings. The fourth-order valence-electron chi connectivity index (χ4n) is 1.75. The van der Waals surface area contributed by atoms with Crippen molar-refractivity contribution >= 4 is 8.32 Å². The van der Waals surface area contributed by atoms with Gasteiger partial charge in [0, 0.05) is 0 Å². The first kappa shape index (κ1) is 14.9. The molecule has 0 spiro atoms. The van der Waals surface area contributed by atoms with Crippen molar-refractivity contribution in [2.24, 2.45) is 0 Å². The Morgan fingerprint density at radius 1 is 1.41 bits per heavy atom. The fraction of sp³-hybridized carbons (Fsp3) is 0.857. The molecule has 100 valence electrons. The summed E-state index contributed by atoms with van der Waals surface area (Å²) < 4.78 is 12.2. The molecule has 0 aliphatic carbocycles. The Morgan fingerprint density at radius 2 is 1.94 bits per heavy atom. The maximum Gasteiger partial charge on any atom is 0.192 e. The van der Waals surface area contributed by atoms with Crippen LogP contribution >= 0.6 is 0 Å². The average Bonchev–Trinajstić information content (AvgIpc) is 2.37. The standard InChI is InChI=1S/C14H28O2Si/c1-11-9-14(6,16-12(11)2)10-15-17(7,8)13(3,4)5/h9,12H,10H2,1-8H3. The Hall–Kier alpha value is -0.123. The Balaban J connectivity index is 2.64. The van der Waals surface area contributed by atoms with Crippen LogP contribution in [0.15, 0.2) is 11.6 Å². The van der Waals surface area contributed by atoms with Gasteiger partial charge in [0.2, 0.25) is 0 Å². The SMILES string of the molecule is CC1=CC(C)(CO[Si](C)(C)C(C)(C)C)OC1C. The summed E-state index contributed by atoms with van der Waals surface area (Å²) in [7, 11) is -1.67. The van der Waals surface area contributed by atoms with Crippen LogP contribution in [-0.2, 0) is 9.16 Å². The predicted molar refractivity (Wildman–Crippen MR) is 75.9 cm³/mol. The van der Waals surface area contributed by atoms with Crippen LogP contribution < -0.4 is 0 Å². The maximum atomic E-state index is 6.25. The summed E-state index contributed by atoms with van der Waals surface area (Å²) in [6.45, 7) is 18.4. The fourth-order valence-corrected chi connectivity index (χ4v) is 2.83. The summed E-state index contributed by atoms with van der Waals surface area (Å²) in [6.07, 6.45) is 2.44. The second kappa shape index (κ2) is 4.52. The average molecular weight is 256 g/mol. The van der Waals surface area contributed by atoms with Crippen molar-refractivity contribution in [3.8, 4) is 0 Å². The molecule has 0 N–H and O–H groups in total. The molecular weight excluding hydrogens is 228 g/mol. The van der Waals surface area contributed by atoms with Gasteiger partial charge in [-0.1, -0.05) is 20.8 Å². The van der Waals surface area contributed by atoms with Crippen LogP contribution in [0, 0.1) is 0 Å². The van der Waals surface area contributed by atoms with E-state index in [0.717, 1.165) is 0 Å². The summed E-state index contributed by atoms with van der Waals surface area (Å²) >= 11 is 0. The topological polar surface area (TPSA) is 18.5 Å². The van der Waals surface area contributed by atoms with Gasteiger partial charge in [-0.25, -0.2) is 0 Å². The molecule has 0 saturated heterocycles. The second-order valence-electron chi connectivity index (χ2n) is 7.01. The Bertz CT molecular complexity index is 315. The lowest BCUT2D eigenvalue weighted by Gasteiger charge is -2.38. The highest BCUT2D eigenvalue weighted by atomic mass is 28.4. The van der Waals surface area contributed by atoms with E-state index < -0.39 is 8.32 Å². The lowest BCUT2D eigenvalue weighted by Crippen LogP contribution is -2.45. The minimum Gasteiger partial charge on any atom is -0.414 e. The van der Waals surface area contributed by atoms with Crippen LogP contribution in [0.3, 0.4) is 0 Å². The number of rotatable bonds is 3. The van der Waals surface area contributed by atoms with Crippen LogP contribution in [0.4, 0.5) is 0 Å². The van der Waals surface area contributed by atoms with Crippen molar-refractivity contribution in [1.29, 1.82) is 0 Å². The zero-order chi connectivity index (χ0) is 13.5. The molecule has 0 radical (unpaired) electrons. The van der Waals surface area contributed by atoms with Gasteiger partial charge >= 0.3 is 0 Å². The molecule has 1 rings (SSSR count). The molecule has 0 amide bonds. The van der Waals surface area contributed by atoms with Gasteiger partial charge in [0.15, 0.2) is 8.32 Å². The summed E-state index contributed by atoms with van der Waals surface area (Å²) in [5.41, 5.74) is 1.07. The molecule has 1 aliphatic heterocycles. The molecule has 3 heteroatoms. The molecule has 2 unspecified atom stereocenters. The molecule has 0 fully saturated rings. The van der Waals surface area contributed by atoms with E-state index in [2.05, 4.69) is 60.7 Å². The Morgan fingerprint density at radius 3 is 2.29 bits per heavy atom. The highest BCUT2D eigenvalue weighted by molar-refractivity contribution is 6.74. The lowest BCUT2D eigenvalue weighted by molar-refractivity contribution is -0.0362. The molecule has 1 aliphatic rings. The first-order valence-corrected chi connectivity index (χ1v) is 9.39. The van der Waals surface area contributed by atoms with Crippen molar-refractivity contribution in [2.45, 2.75) is 71.4 Å². The van der Waals surface area contributed by atoms with E-state index in [0.29, 0.717) is 6.61 Å². The summed E-state index contributed by atoms with van der Waals surface area (Å²) in [4.78, 5) is 0. The Kier molecular flexibility index (Phi) is 3.97. The molecule has 0 bridgehead atoms. The molecular formula is C14H28O2Si. The first-order chi connectivity index (χ1) is 7.47. The van der Waals surface area contributed by atoms with E-state index in [1.165, 1.54) is 5.57 Å². The molecule has 2 atom stereocenters. The minimum absolute atomic E-state index is 0.225. The predicted octanol–water partition coefficient (Wildman–Crippen LogP) is 4.13. The molecule has 0 aromatic heterocycles. The third-order valence-electron chi connectivity index (χ3n) is 4.15. The van der Waals surface area contributed by atoms with E-state index in [4.69, 9.17) is 9.16 Å². The van der Waals surface area contributed by atoms with Gasteiger partial charge in [-0.3, -0.25) is 0 Å². The van der Waals surface area contributed by atoms with Gasteiger partial charge in [-0.05, 0) is 50.6 Å². The summed E-state index contributed by atoms with van der Waals surface area (Å²) in [5, 5.41) is 0.256. The normalized spacial score (nSPS) is 30.6. The van der Waals surface area contributed by atoms with Gasteiger partial charge < -0.3 is 9.16 Å². The van der Waals surface area contributed by atoms with E-state index in [1.807, 2.05) is 0 Å². The largest absolute Gasteiger partial charge is 0.414 e. The number of hydrogen-bond donors (Lipinski definition) is 0.